The number of nitrogens with zero attached hydrogens (tertiary/aromatic N) is 2. The van der Waals surface area contributed by atoms with Crippen molar-refractivity contribution in [1.29, 1.82) is 0 Å². The zero-order chi connectivity index (χ0) is 22.3. The molecule has 2 aromatic carbocycles. The maximum absolute atomic E-state index is 12.5. The topological polar surface area (TPSA) is 64.1 Å². The van der Waals surface area contributed by atoms with E-state index in [4.69, 9.17) is 32.9 Å². The minimum absolute atomic E-state index is 0.0295. The molecule has 0 spiro atoms. The zero-order valence-electron chi connectivity index (χ0n) is 17.7. The number of anilines is 1. The van der Waals surface area contributed by atoms with Gasteiger partial charge in [-0.3, -0.25) is 9.78 Å². The molecule has 1 N–H and O–H groups in total. The fourth-order valence-corrected chi connectivity index (χ4v) is 5.36. The highest BCUT2D eigenvalue weighted by atomic mass is 35.5. The Morgan fingerprint density at radius 2 is 1.84 bits per heavy atom. The number of aryl methyl sites for hydroxylation is 1. The van der Waals surface area contributed by atoms with E-state index in [9.17, 15) is 4.79 Å². The van der Waals surface area contributed by atoms with E-state index in [2.05, 4.69) is 10.3 Å². The molecule has 2 bridgehead atoms. The van der Waals surface area contributed by atoms with Crippen LogP contribution in [0.2, 0.25) is 10.0 Å². The first-order valence-corrected chi connectivity index (χ1v) is 11.4. The number of hydrogen-bond acceptors (Lipinski definition) is 5. The number of carbonyl (C=O) groups is 1. The SMILES string of the molecule is Cc1cc(OCC(=O)CC23CC(Nc4cncc(-c5ccc(Cl)cc5)n4)(C2)C3)ccc1Cl. The molecule has 7 heteroatoms. The largest absolute Gasteiger partial charge is 0.486 e. The Morgan fingerprint density at radius 3 is 2.56 bits per heavy atom. The number of carbonyl (C=O) groups excluding carboxylic acids is 1. The van der Waals surface area contributed by atoms with Crippen LogP contribution in [0.5, 0.6) is 5.75 Å². The van der Waals surface area contributed by atoms with Crippen molar-refractivity contribution in [2.75, 3.05) is 11.9 Å². The van der Waals surface area contributed by atoms with Crippen LogP contribution in [-0.4, -0.2) is 27.9 Å². The molecule has 3 aliphatic rings. The lowest BCUT2D eigenvalue weighted by Crippen LogP contribution is -2.71. The van der Waals surface area contributed by atoms with Crippen LogP contribution in [0.15, 0.2) is 54.9 Å². The molecule has 1 heterocycles. The van der Waals surface area contributed by atoms with Crippen molar-refractivity contribution in [3.63, 3.8) is 0 Å². The predicted molar refractivity (Wildman–Crippen MR) is 126 cm³/mol. The summed E-state index contributed by atoms with van der Waals surface area (Å²) in [5.41, 5.74) is 2.85. The van der Waals surface area contributed by atoms with Gasteiger partial charge in [0.15, 0.2) is 5.78 Å². The normalized spacial score (nSPS) is 23.1. The van der Waals surface area contributed by atoms with Crippen molar-refractivity contribution in [1.82, 2.24) is 9.97 Å². The molecule has 164 valence electrons. The zero-order valence-corrected chi connectivity index (χ0v) is 19.2. The standard InChI is InChI=1S/C25H23Cl2N3O2/c1-16-8-20(6-7-21(16)27)32-12-19(31)9-24-13-25(14-24,15-24)30-23-11-28-10-22(29-23)17-2-4-18(26)5-3-17/h2-8,10-11H,9,12-15H2,1H3,(H,29,30). The van der Waals surface area contributed by atoms with Gasteiger partial charge in [0.2, 0.25) is 0 Å². The first kappa shape index (κ1) is 21.2. The van der Waals surface area contributed by atoms with Gasteiger partial charge in [0.1, 0.15) is 18.2 Å². The highest BCUT2D eigenvalue weighted by Gasteiger charge is 2.68. The van der Waals surface area contributed by atoms with E-state index in [1.54, 1.807) is 24.5 Å². The summed E-state index contributed by atoms with van der Waals surface area (Å²) in [6, 6.07) is 13.0. The fourth-order valence-electron chi connectivity index (χ4n) is 5.12. The van der Waals surface area contributed by atoms with Crippen molar-refractivity contribution in [2.45, 2.75) is 38.1 Å². The van der Waals surface area contributed by atoms with E-state index in [0.29, 0.717) is 22.2 Å². The highest BCUT2D eigenvalue weighted by molar-refractivity contribution is 6.31. The Hall–Kier alpha value is -2.63. The van der Waals surface area contributed by atoms with E-state index < -0.39 is 0 Å². The highest BCUT2D eigenvalue weighted by Crippen LogP contribution is 2.70. The molecule has 3 aromatic rings. The molecule has 0 amide bonds. The van der Waals surface area contributed by atoms with E-state index in [0.717, 1.165) is 41.9 Å². The van der Waals surface area contributed by atoms with E-state index >= 15 is 0 Å². The minimum Gasteiger partial charge on any atom is -0.486 e. The summed E-state index contributed by atoms with van der Waals surface area (Å²) in [5, 5.41) is 4.94. The van der Waals surface area contributed by atoms with Crippen molar-refractivity contribution in [2.24, 2.45) is 5.41 Å². The second-order valence-corrected chi connectivity index (χ2v) is 9.99. The van der Waals surface area contributed by atoms with Gasteiger partial charge in [0, 0.05) is 27.6 Å². The summed E-state index contributed by atoms with van der Waals surface area (Å²) in [5.74, 6) is 1.57. The van der Waals surface area contributed by atoms with Crippen LogP contribution in [0.4, 0.5) is 5.82 Å². The molecule has 5 nitrogen and oxygen atoms in total. The summed E-state index contributed by atoms with van der Waals surface area (Å²) >= 11 is 12.0. The van der Waals surface area contributed by atoms with Gasteiger partial charge in [0.25, 0.3) is 0 Å². The number of aromatic nitrogens is 2. The average molecular weight is 468 g/mol. The number of rotatable bonds is 8. The lowest BCUT2D eigenvalue weighted by atomic mass is 9.38. The first-order chi connectivity index (χ1) is 15.3. The van der Waals surface area contributed by atoms with Gasteiger partial charge in [-0.25, -0.2) is 4.98 Å². The van der Waals surface area contributed by atoms with Gasteiger partial charge in [-0.1, -0.05) is 35.3 Å². The molecule has 1 aromatic heterocycles. The summed E-state index contributed by atoms with van der Waals surface area (Å²) in [4.78, 5) is 21.5. The van der Waals surface area contributed by atoms with Crippen molar-refractivity contribution in [3.05, 3.63) is 70.5 Å². The smallest absolute Gasteiger partial charge is 0.170 e. The van der Waals surface area contributed by atoms with Crippen LogP contribution in [0.1, 0.15) is 31.2 Å². The van der Waals surface area contributed by atoms with Crippen LogP contribution in [-0.2, 0) is 4.79 Å². The molecule has 0 saturated heterocycles. The third-order valence-electron chi connectivity index (χ3n) is 6.41. The second-order valence-electron chi connectivity index (χ2n) is 9.15. The third-order valence-corrected chi connectivity index (χ3v) is 7.09. The number of Topliss-reactive ketones (excluding diaryl/α,β-unsaturated/α-hetero) is 1. The summed E-state index contributed by atoms with van der Waals surface area (Å²) in [7, 11) is 0. The molecule has 6 rings (SSSR count). The fraction of sp³-hybridized carbons (Fsp3) is 0.320. The molecular formula is C25H23Cl2N3O2. The quantitative estimate of drug-likeness (QED) is 0.431. The summed E-state index contributed by atoms with van der Waals surface area (Å²) in [6.07, 6.45) is 6.97. The number of benzene rings is 2. The molecule has 0 aliphatic heterocycles. The molecule has 3 aliphatic carbocycles. The van der Waals surface area contributed by atoms with Crippen LogP contribution in [0.25, 0.3) is 11.3 Å². The Balaban J connectivity index is 1.13. The van der Waals surface area contributed by atoms with Crippen LogP contribution in [0, 0.1) is 12.3 Å². The molecular weight excluding hydrogens is 445 g/mol. The first-order valence-electron chi connectivity index (χ1n) is 10.6. The molecule has 0 atom stereocenters. The maximum Gasteiger partial charge on any atom is 0.170 e. The van der Waals surface area contributed by atoms with Gasteiger partial charge >= 0.3 is 0 Å². The Morgan fingerprint density at radius 1 is 1.09 bits per heavy atom. The third kappa shape index (κ3) is 4.19. The lowest BCUT2D eigenvalue weighted by Gasteiger charge is -2.70. The Kier molecular flexibility index (Phi) is 5.34. The van der Waals surface area contributed by atoms with Crippen molar-refractivity contribution < 1.29 is 9.53 Å². The summed E-state index contributed by atoms with van der Waals surface area (Å²) in [6.45, 7) is 2.01. The molecule has 32 heavy (non-hydrogen) atoms. The van der Waals surface area contributed by atoms with E-state index in [1.807, 2.05) is 37.3 Å². The van der Waals surface area contributed by atoms with Crippen LogP contribution in [0.3, 0.4) is 0 Å². The monoisotopic (exact) mass is 467 g/mol. The van der Waals surface area contributed by atoms with Gasteiger partial charge in [-0.15, -0.1) is 0 Å². The molecule has 3 saturated carbocycles. The number of halogens is 2. The lowest BCUT2D eigenvalue weighted by molar-refractivity contribution is -0.147. The van der Waals surface area contributed by atoms with E-state index in [-0.39, 0.29) is 23.3 Å². The molecule has 3 fully saturated rings. The predicted octanol–water partition coefficient (Wildman–Crippen LogP) is 6.13. The maximum atomic E-state index is 12.5. The molecule has 0 radical (unpaired) electrons. The molecule has 0 unspecified atom stereocenters. The number of ether oxygens (including phenoxy) is 1. The minimum atomic E-state index is 0.0295. The van der Waals surface area contributed by atoms with Gasteiger partial charge in [-0.05, 0) is 67.5 Å². The number of nitrogens with one attached hydrogen (secondary N) is 1. The van der Waals surface area contributed by atoms with Crippen molar-refractivity contribution >= 4 is 34.8 Å². The average Bonchev–Trinajstić information content (AvgIpc) is 2.73. The van der Waals surface area contributed by atoms with Crippen LogP contribution >= 0.6 is 23.2 Å². The Bertz CT molecular complexity index is 1160. The van der Waals surface area contributed by atoms with Crippen LogP contribution < -0.4 is 10.1 Å². The number of ketones is 1. The van der Waals surface area contributed by atoms with Gasteiger partial charge in [0.05, 0.1) is 18.1 Å². The van der Waals surface area contributed by atoms with Gasteiger partial charge in [-0.2, -0.15) is 0 Å². The second kappa shape index (κ2) is 8.05. The Labute approximate surface area is 197 Å². The van der Waals surface area contributed by atoms with Crippen molar-refractivity contribution in [3.8, 4) is 17.0 Å². The van der Waals surface area contributed by atoms with Gasteiger partial charge < -0.3 is 10.1 Å². The number of hydrogen-bond donors (Lipinski definition) is 1. The van der Waals surface area contributed by atoms with E-state index in [1.165, 1.54) is 0 Å². The summed E-state index contributed by atoms with van der Waals surface area (Å²) < 4.78 is 5.67.